The lowest BCUT2D eigenvalue weighted by Crippen LogP contribution is -2.06. The summed E-state index contributed by atoms with van der Waals surface area (Å²) in [6.07, 6.45) is 0. The molecule has 17 heavy (non-hydrogen) atoms. The van der Waals surface area contributed by atoms with Crippen molar-refractivity contribution in [2.45, 2.75) is 19.9 Å². The number of nitrogens with one attached hydrogen (secondary N) is 1. The van der Waals surface area contributed by atoms with Crippen LogP contribution in [0.2, 0.25) is 0 Å². The Balaban J connectivity index is 2.11. The quantitative estimate of drug-likeness (QED) is 0.845. The largest absolute Gasteiger partial charge is 0.379 e. The molecule has 0 fully saturated rings. The first-order chi connectivity index (χ1) is 8.15. The molecule has 0 radical (unpaired) electrons. The maximum atomic E-state index is 3.49. The normalized spacial score (nSPS) is 12.2. The van der Waals surface area contributed by atoms with Crippen LogP contribution >= 0.6 is 15.9 Å². The Morgan fingerprint density at radius 2 is 1.76 bits per heavy atom. The molecule has 1 atom stereocenters. The molecular formula is C15H16BrN. The van der Waals surface area contributed by atoms with E-state index < -0.39 is 0 Å². The molecule has 0 amide bonds. The van der Waals surface area contributed by atoms with Gasteiger partial charge in [0.2, 0.25) is 0 Å². The van der Waals surface area contributed by atoms with E-state index in [9.17, 15) is 0 Å². The summed E-state index contributed by atoms with van der Waals surface area (Å²) >= 11 is 3.44. The zero-order valence-corrected chi connectivity index (χ0v) is 11.7. The van der Waals surface area contributed by atoms with E-state index >= 15 is 0 Å². The fourth-order valence-electron chi connectivity index (χ4n) is 1.82. The van der Waals surface area contributed by atoms with Crippen LogP contribution in [0.25, 0.3) is 0 Å². The average molecular weight is 290 g/mol. The second-order valence-corrected chi connectivity index (χ2v) is 5.20. The van der Waals surface area contributed by atoms with Gasteiger partial charge in [-0.3, -0.25) is 0 Å². The summed E-state index contributed by atoms with van der Waals surface area (Å²) < 4.78 is 1.10. The zero-order chi connectivity index (χ0) is 12.3. The number of anilines is 1. The van der Waals surface area contributed by atoms with Crippen LogP contribution in [0.5, 0.6) is 0 Å². The van der Waals surface area contributed by atoms with Gasteiger partial charge in [-0.1, -0.05) is 45.8 Å². The smallest absolute Gasteiger partial charge is 0.0485 e. The van der Waals surface area contributed by atoms with Gasteiger partial charge in [0.05, 0.1) is 0 Å². The minimum atomic E-state index is 0.316. The Morgan fingerprint density at radius 3 is 2.41 bits per heavy atom. The Morgan fingerprint density at radius 1 is 1.06 bits per heavy atom. The van der Waals surface area contributed by atoms with Crippen molar-refractivity contribution in [1.82, 2.24) is 0 Å². The zero-order valence-electron chi connectivity index (χ0n) is 10.1. The van der Waals surface area contributed by atoms with Crippen molar-refractivity contribution in [3.8, 4) is 0 Å². The van der Waals surface area contributed by atoms with Crippen molar-refractivity contribution in [3.05, 3.63) is 64.1 Å². The lowest BCUT2D eigenvalue weighted by molar-refractivity contribution is 0.883. The summed E-state index contributed by atoms with van der Waals surface area (Å²) in [5.41, 5.74) is 3.75. The van der Waals surface area contributed by atoms with Gasteiger partial charge in [0.15, 0.2) is 0 Å². The summed E-state index contributed by atoms with van der Waals surface area (Å²) in [5, 5.41) is 3.49. The Kier molecular flexibility index (Phi) is 3.85. The molecule has 0 saturated heterocycles. The molecule has 0 saturated carbocycles. The highest BCUT2D eigenvalue weighted by Gasteiger charge is 2.04. The van der Waals surface area contributed by atoms with Crippen LogP contribution in [0, 0.1) is 6.92 Å². The molecule has 0 aliphatic carbocycles. The fraction of sp³-hybridized carbons (Fsp3) is 0.200. The maximum absolute atomic E-state index is 3.49. The maximum Gasteiger partial charge on any atom is 0.0485 e. The molecule has 0 bridgehead atoms. The monoisotopic (exact) mass is 289 g/mol. The molecule has 2 rings (SSSR count). The number of hydrogen-bond donors (Lipinski definition) is 1. The van der Waals surface area contributed by atoms with Gasteiger partial charge in [0.25, 0.3) is 0 Å². The highest BCUT2D eigenvalue weighted by Crippen LogP contribution is 2.21. The minimum Gasteiger partial charge on any atom is -0.379 e. The first kappa shape index (κ1) is 12.2. The molecule has 88 valence electrons. The van der Waals surface area contributed by atoms with E-state index in [0.29, 0.717) is 6.04 Å². The van der Waals surface area contributed by atoms with Gasteiger partial charge in [-0.25, -0.2) is 0 Å². The molecule has 2 aromatic carbocycles. The van der Waals surface area contributed by atoms with E-state index in [0.717, 1.165) is 10.2 Å². The van der Waals surface area contributed by atoms with Crippen LogP contribution in [-0.4, -0.2) is 0 Å². The molecule has 2 aromatic rings. The van der Waals surface area contributed by atoms with Crippen molar-refractivity contribution in [2.75, 3.05) is 5.32 Å². The van der Waals surface area contributed by atoms with Gasteiger partial charge < -0.3 is 5.32 Å². The number of hydrogen-bond acceptors (Lipinski definition) is 1. The molecule has 1 nitrogen and oxygen atoms in total. The van der Waals surface area contributed by atoms with Gasteiger partial charge >= 0.3 is 0 Å². The summed E-state index contributed by atoms with van der Waals surface area (Å²) in [6, 6.07) is 17.2. The molecule has 1 unspecified atom stereocenters. The van der Waals surface area contributed by atoms with E-state index in [1.165, 1.54) is 11.1 Å². The molecule has 0 spiro atoms. The van der Waals surface area contributed by atoms with Crippen molar-refractivity contribution < 1.29 is 0 Å². The Bertz CT molecular complexity index is 491. The lowest BCUT2D eigenvalue weighted by atomic mass is 10.1. The SMILES string of the molecule is Cc1cccc(C(C)Nc2ccc(Br)cc2)c1. The fourth-order valence-corrected chi connectivity index (χ4v) is 2.08. The van der Waals surface area contributed by atoms with Crippen LogP contribution in [0.1, 0.15) is 24.1 Å². The predicted molar refractivity (Wildman–Crippen MR) is 77.4 cm³/mol. The van der Waals surface area contributed by atoms with Crippen LogP contribution in [0.15, 0.2) is 53.0 Å². The highest BCUT2D eigenvalue weighted by atomic mass is 79.9. The Hall–Kier alpha value is -1.28. The summed E-state index contributed by atoms with van der Waals surface area (Å²) in [7, 11) is 0. The second-order valence-electron chi connectivity index (χ2n) is 4.29. The second kappa shape index (κ2) is 5.37. The topological polar surface area (TPSA) is 12.0 Å². The third kappa shape index (κ3) is 3.34. The third-order valence-electron chi connectivity index (χ3n) is 2.77. The van der Waals surface area contributed by atoms with E-state index in [4.69, 9.17) is 0 Å². The van der Waals surface area contributed by atoms with Crippen molar-refractivity contribution in [1.29, 1.82) is 0 Å². The van der Waals surface area contributed by atoms with Crippen molar-refractivity contribution >= 4 is 21.6 Å². The third-order valence-corrected chi connectivity index (χ3v) is 3.30. The van der Waals surface area contributed by atoms with Gasteiger partial charge in [-0.15, -0.1) is 0 Å². The van der Waals surface area contributed by atoms with Gasteiger partial charge in [0.1, 0.15) is 0 Å². The van der Waals surface area contributed by atoms with Gasteiger partial charge in [-0.2, -0.15) is 0 Å². The first-order valence-electron chi connectivity index (χ1n) is 5.74. The van der Waals surface area contributed by atoms with Crippen LogP contribution in [0.3, 0.4) is 0 Å². The van der Waals surface area contributed by atoms with Crippen LogP contribution in [0.4, 0.5) is 5.69 Å². The summed E-state index contributed by atoms with van der Waals surface area (Å²) in [6.45, 7) is 4.30. The minimum absolute atomic E-state index is 0.316. The molecule has 0 aliphatic rings. The van der Waals surface area contributed by atoms with Crippen molar-refractivity contribution in [2.24, 2.45) is 0 Å². The molecule has 0 aromatic heterocycles. The molecule has 1 N–H and O–H groups in total. The standard InChI is InChI=1S/C15H16BrN/c1-11-4-3-5-13(10-11)12(2)17-15-8-6-14(16)7-9-15/h3-10,12,17H,1-2H3. The van der Waals surface area contributed by atoms with Crippen LogP contribution < -0.4 is 5.32 Å². The molecule has 0 aliphatic heterocycles. The van der Waals surface area contributed by atoms with E-state index in [1.54, 1.807) is 0 Å². The van der Waals surface area contributed by atoms with E-state index in [1.807, 2.05) is 12.1 Å². The van der Waals surface area contributed by atoms with Crippen molar-refractivity contribution in [3.63, 3.8) is 0 Å². The molecule has 2 heteroatoms. The summed E-state index contributed by atoms with van der Waals surface area (Å²) in [4.78, 5) is 0. The number of rotatable bonds is 3. The lowest BCUT2D eigenvalue weighted by Gasteiger charge is -2.16. The number of halogens is 1. The number of benzene rings is 2. The highest BCUT2D eigenvalue weighted by molar-refractivity contribution is 9.10. The van der Waals surface area contributed by atoms with E-state index in [2.05, 4.69) is 71.5 Å². The van der Waals surface area contributed by atoms with Gasteiger partial charge in [0, 0.05) is 16.2 Å². The van der Waals surface area contributed by atoms with Gasteiger partial charge in [-0.05, 0) is 43.7 Å². The average Bonchev–Trinajstić information content (AvgIpc) is 2.32. The predicted octanol–water partition coefficient (Wildman–Crippen LogP) is 4.93. The van der Waals surface area contributed by atoms with E-state index in [-0.39, 0.29) is 0 Å². The first-order valence-corrected chi connectivity index (χ1v) is 6.53. The summed E-state index contributed by atoms with van der Waals surface area (Å²) in [5.74, 6) is 0. The molecule has 0 heterocycles. The Labute approximate surface area is 111 Å². The molecular weight excluding hydrogens is 274 g/mol. The van der Waals surface area contributed by atoms with Crippen LogP contribution in [-0.2, 0) is 0 Å². The number of aryl methyl sites for hydroxylation is 1.